The number of hydrogen-bond acceptors (Lipinski definition) is 5. The van der Waals surface area contributed by atoms with Crippen LogP contribution in [-0.4, -0.2) is 83.8 Å². The van der Waals surface area contributed by atoms with Crippen molar-refractivity contribution in [2.24, 2.45) is 0 Å². The molecule has 0 aromatic carbocycles. The number of rotatable bonds is 6. The van der Waals surface area contributed by atoms with Gasteiger partial charge in [0, 0.05) is 38.6 Å². The molecule has 6 nitrogen and oxygen atoms in total. The Morgan fingerprint density at radius 1 is 1.47 bits per heavy atom. The number of morpholine rings is 1. The van der Waals surface area contributed by atoms with Gasteiger partial charge in [-0.25, -0.2) is 0 Å². The molecule has 1 N–H and O–H groups in total. The average Bonchev–Trinajstić information content (AvgIpc) is 2.81. The summed E-state index contributed by atoms with van der Waals surface area (Å²) in [5, 5.41) is 14.2. The Labute approximate surface area is 114 Å². The molecule has 1 aliphatic heterocycles. The van der Waals surface area contributed by atoms with Crippen molar-refractivity contribution in [1.82, 2.24) is 19.6 Å². The maximum absolute atomic E-state index is 10.1. The molecule has 2 rings (SSSR count). The predicted octanol–water partition coefficient (Wildman–Crippen LogP) is -0.494. The molecule has 1 saturated heterocycles. The molecule has 0 amide bonds. The van der Waals surface area contributed by atoms with E-state index in [1.807, 2.05) is 12.3 Å². The minimum atomic E-state index is -0.391. The van der Waals surface area contributed by atoms with Crippen LogP contribution in [0.15, 0.2) is 18.5 Å². The lowest BCUT2D eigenvalue weighted by molar-refractivity contribution is -0.0500. The van der Waals surface area contributed by atoms with Gasteiger partial charge in [-0.3, -0.25) is 9.58 Å². The second kappa shape index (κ2) is 7.00. The van der Waals surface area contributed by atoms with E-state index in [0.717, 1.165) is 26.2 Å². The van der Waals surface area contributed by atoms with E-state index in [1.54, 1.807) is 10.9 Å². The molecular weight excluding hydrogens is 244 g/mol. The van der Waals surface area contributed by atoms with E-state index in [4.69, 9.17) is 4.74 Å². The molecule has 19 heavy (non-hydrogen) atoms. The van der Waals surface area contributed by atoms with Crippen LogP contribution < -0.4 is 0 Å². The maximum atomic E-state index is 10.1. The Bertz CT molecular complexity index is 356. The number of aliphatic hydroxyl groups excluding tert-OH is 1. The summed E-state index contributed by atoms with van der Waals surface area (Å²) in [5.74, 6) is 0. The third-order valence-electron chi connectivity index (χ3n) is 3.22. The summed E-state index contributed by atoms with van der Waals surface area (Å²) in [6.45, 7) is 4.66. The van der Waals surface area contributed by atoms with Gasteiger partial charge in [0.2, 0.25) is 0 Å². The molecule has 0 radical (unpaired) electrons. The Kier molecular flexibility index (Phi) is 5.33. The van der Waals surface area contributed by atoms with Gasteiger partial charge in [0.1, 0.15) is 0 Å². The molecule has 0 unspecified atom stereocenters. The van der Waals surface area contributed by atoms with E-state index in [1.165, 1.54) is 0 Å². The summed E-state index contributed by atoms with van der Waals surface area (Å²) >= 11 is 0. The number of nitrogens with zero attached hydrogens (tertiary/aromatic N) is 4. The van der Waals surface area contributed by atoms with E-state index in [0.29, 0.717) is 13.1 Å². The highest BCUT2D eigenvalue weighted by Crippen LogP contribution is 2.07. The van der Waals surface area contributed by atoms with Crippen molar-refractivity contribution in [2.45, 2.75) is 18.8 Å². The van der Waals surface area contributed by atoms with Gasteiger partial charge in [0.25, 0.3) is 0 Å². The van der Waals surface area contributed by atoms with Crippen molar-refractivity contribution in [1.29, 1.82) is 0 Å². The van der Waals surface area contributed by atoms with Crippen LogP contribution in [0, 0.1) is 0 Å². The largest absolute Gasteiger partial charge is 0.390 e. The van der Waals surface area contributed by atoms with E-state index in [2.05, 4.69) is 29.0 Å². The molecule has 0 bridgehead atoms. The van der Waals surface area contributed by atoms with Crippen molar-refractivity contribution >= 4 is 0 Å². The van der Waals surface area contributed by atoms with Crippen molar-refractivity contribution in [2.75, 3.05) is 46.9 Å². The number of aliphatic hydroxyl groups is 1. The van der Waals surface area contributed by atoms with Crippen molar-refractivity contribution in [3.05, 3.63) is 18.5 Å². The highest BCUT2D eigenvalue weighted by Gasteiger charge is 2.22. The molecule has 2 heterocycles. The molecule has 1 fully saturated rings. The van der Waals surface area contributed by atoms with Crippen LogP contribution in [0.1, 0.15) is 0 Å². The minimum absolute atomic E-state index is 0.237. The Balaban J connectivity index is 1.75. The summed E-state index contributed by atoms with van der Waals surface area (Å²) < 4.78 is 7.49. The molecular formula is C13H24N4O2. The van der Waals surface area contributed by atoms with Gasteiger partial charge < -0.3 is 14.7 Å². The molecule has 108 valence electrons. The SMILES string of the molecule is CN(C)C[C@@H]1CN(C[C@@H](O)Cn2cccn2)CCO1. The quantitative estimate of drug-likeness (QED) is 0.754. The van der Waals surface area contributed by atoms with E-state index in [9.17, 15) is 5.11 Å². The monoisotopic (exact) mass is 268 g/mol. The minimum Gasteiger partial charge on any atom is -0.390 e. The van der Waals surface area contributed by atoms with E-state index >= 15 is 0 Å². The molecule has 6 heteroatoms. The second-order valence-electron chi connectivity index (χ2n) is 5.40. The van der Waals surface area contributed by atoms with Crippen LogP contribution >= 0.6 is 0 Å². The van der Waals surface area contributed by atoms with Crippen molar-refractivity contribution in [3.8, 4) is 0 Å². The predicted molar refractivity (Wildman–Crippen MR) is 73.0 cm³/mol. The van der Waals surface area contributed by atoms with Gasteiger partial charge in [-0.05, 0) is 20.2 Å². The number of ether oxygens (including phenoxy) is 1. The number of likely N-dealkylation sites (N-methyl/N-ethyl adjacent to an activating group) is 1. The van der Waals surface area contributed by atoms with Crippen LogP contribution in [0.2, 0.25) is 0 Å². The fraction of sp³-hybridized carbons (Fsp3) is 0.769. The second-order valence-corrected chi connectivity index (χ2v) is 5.40. The lowest BCUT2D eigenvalue weighted by Crippen LogP contribution is -2.49. The van der Waals surface area contributed by atoms with Crippen molar-refractivity contribution < 1.29 is 9.84 Å². The highest BCUT2D eigenvalue weighted by molar-refractivity contribution is 4.80. The first kappa shape index (κ1) is 14.5. The highest BCUT2D eigenvalue weighted by atomic mass is 16.5. The zero-order chi connectivity index (χ0) is 13.7. The molecule has 1 aromatic heterocycles. The normalized spacial score (nSPS) is 22.8. The Morgan fingerprint density at radius 2 is 2.32 bits per heavy atom. The number of hydrogen-bond donors (Lipinski definition) is 1. The lowest BCUT2D eigenvalue weighted by atomic mass is 10.2. The number of β-amino-alcohol motifs (C(OH)–C–C–N with tert-alkyl or cyclic N) is 1. The van der Waals surface area contributed by atoms with E-state index in [-0.39, 0.29) is 6.10 Å². The topological polar surface area (TPSA) is 53.8 Å². The third-order valence-corrected chi connectivity index (χ3v) is 3.22. The molecule has 0 spiro atoms. The smallest absolute Gasteiger partial charge is 0.0862 e. The first-order valence-electron chi connectivity index (χ1n) is 6.77. The van der Waals surface area contributed by atoms with Gasteiger partial charge in [0.15, 0.2) is 0 Å². The molecule has 2 atom stereocenters. The molecule has 1 aromatic rings. The third kappa shape index (κ3) is 4.91. The fourth-order valence-corrected chi connectivity index (χ4v) is 2.44. The van der Waals surface area contributed by atoms with Gasteiger partial charge in [0.05, 0.1) is 25.4 Å². The summed E-state index contributed by atoms with van der Waals surface area (Å²) in [6, 6.07) is 1.87. The maximum Gasteiger partial charge on any atom is 0.0862 e. The van der Waals surface area contributed by atoms with Crippen LogP contribution in [0.5, 0.6) is 0 Å². The van der Waals surface area contributed by atoms with Gasteiger partial charge in [-0.2, -0.15) is 5.10 Å². The number of aromatic nitrogens is 2. The molecule has 0 aliphatic carbocycles. The van der Waals surface area contributed by atoms with Crippen LogP contribution in [0.3, 0.4) is 0 Å². The summed E-state index contributed by atoms with van der Waals surface area (Å²) in [5.41, 5.74) is 0. The first-order valence-corrected chi connectivity index (χ1v) is 6.77. The zero-order valence-electron chi connectivity index (χ0n) is 11.8. The van der Waals surface area contributed by atoms with Crippen molar-refractivity contribution in [3.63, 3.8) is 0 Å². The zero-order valence-corrected chi connectivity index (χ0v) is 11.8. The first-order chi connectivity index (χ1) is 9.13. The van der Waals surface area contributed by atoms with Gasteiger partial charge >= 0.3 is 0 Å². The van der Waals surface area contributed by atoms with Gasteiger partial charge in [-0.15, -0.1) is 0 Å². The fourth-order valence-electron chi connectivity index (χ4n) is 2.44. The molecule has 1 aliphatic rings. The van der Waals surface area contributed by atoms with Gasteiger partial charge in [-0.1, -0.05) is 0 Å². The molecule has 0 saturated carbocycles. The average molecular weight is 268 g/mol. The summed E-state index contributed by atoms with van der Waals surface area (Å²) in [7, 11) is 4.10. The standard InChI is InChI=1S/C13H24N4O2/c1-15(2)10-13-11-16(6-7-19-13)8-12(18)9-17-5-3-4-14-17/h3-5,12-13,18H,6-11H2,1-2H3/t12-,13-/m1/s1. The van der Waals surface area contributed by atoms with Crippen LogP contribution in [0.25, 0.3) is 0 Å². The van der Waals surface area contributed by atoms with Crippen LogP contribution in [-0.2, 0) is 11.3 Å². The van der Waals surface area contributed by atoms with Crippen LogP contribution in [0.4, 0.5) is 0 Å². The lowest BCUT2D eigenvalue weighted by Gasteiger charge is -2.35. The summed E-state index contributed by atoms with van der Waals surface area (Å²) in [4.78, 5) is 4.40. The summed E-state index contributed by atoms with van der Waals surface area (Å²) in [6.07, 6.45) is 3.45. The Hall–Kier alpha value is -0.950. The van der Waals surface area contributed by atoms with E-state index < -0.39 is 6.10 Å². The Morgan fingerprint density at radius 3 is 3.00 bits per heavy atom.